The minimum atomic E-state index is -0.888. The normalized spacial score (nSPS) is 15.4. The van der Waals surface area contributed by atoms with Crippen molar-refractivity contribution in [2.45, 2.75) is 18.2 Å². The van der Waals surface area contributed by atoms with Gasteiger partial charge in [-0.1, -0.05) is 0 Å². The number of hydrogen-bond donors (Lipinski definition) is 1. The number of nitrogens with zero attached hydrogens (tertiary/aromatic N) is 1. The summed E-state index contributed by atoms with van der Waals surface area (Å²) in [6.45, 7) is 2.03. The summed E-state index contributed by atoms with van der Waals surface area (Å²) in [5.41, 5.74) is 8.23. The first-order chi connectivity index (χ1) is 14.1. The summed E-state index contributed by atoms with van der Waals surface area (Å²) in [5, 5.41) is 0. The Balaban J connectivity index is 1.69. The summed E-state index contributed by atoms with van der Waals surface area (Å²) in [4.78, 5) is 8.66. The topological polar surface area (TPSA) is 45.8 Å². The lowest BCUT2D eigenvalue weighted by atomic mass is 10.0. The maximum atomic E-state index is 13.5. The third-order valence-electron chi connectivity index (χ3n) is 5.39. The van der Waals surface area contributed by atoms with Crippen LogP contribution in [-0.4, -0.2) is 19.9 Å². The molecule has 1 atom stereocenters. The summed E-state index contributed by atoms with van der Waals surface area (Å²) in [6.07, 6.45) is 4.38. The number of nitrogens with one attached hydrogen (secondary N) is 1. The second-order valence-electron chi connectivity index (χ2n) is 7.30. The van der Waals surface area contributed by atoms with Gasteiger partial charge in [0.2, 0.25) is 0 Å². The maximum absolute atomic E-state index is 13.5. The van der Waals surface area contributed by atoms with Gasteiger partial charge in [-0.3, -0.25) is 9.19 Å². The van der Waals surface area contributed by atoms with E-state index in [1.54, 1.807) is 24.5 Å². The summed E-state index contributed by atoms with van der Waals surface area (Å²) < 4.78 is 25.7. The molecule has 144 valence electrons. The fourth-order valence-corrected chi connectivity index (χ4v) is 5.51. The number of pyridine rings is 1. The Morgan fingerprint density at radius 1 is 0.966 bits per heavy atom. The number of aromatic nitrogens is 2. The molecule has 29 heavy (non-hydrogen) atoms. The molecule has 2 aromatic heterocycles. The number of benzene rings is 2. The largest absolute Gasteiger partial charge is 0.354 e. The molecule has 1 aliphatic rings. The Bertz CT molecular complexity index is 1230. The number of fused-ring (bicyclic) bond motifs is 1. The average Bonchev–Trinajstić information content (AvgIpc) is 3.34. The Labute approximate surface area is 171 Å². The SMILES string of the molecule is Cc1cc(-c2cc(-c3ccncc3)c(-c3ccc(F)cc3)[nH]2)cc2c1S(=O)CC2. The minimum Gasteiger partial charge on any atom is -0.354 e. The van der Waals surface area contributed by atoms with Crippen molar-refractivity contribution in [2.75, 3.05) is 5.75 Å². The van der Waals surface area contributed by atoms with Crippen molar-refractivity contribution in [2.24, 2.45) is 0 Å². The summed E-state index contributed by atoms with van der Waals surface area (Å²) in [6, 6.07) is 16.8. The van der Waals surface area contributed by atoms with Gasteiger partial charge >= 0.3 is 0 Å². The smallest absolute Gasteiger partial charge is 0.123 e. The van der Waals surface area contributed by atoms with Crippen LogP contribution in [0.2, 0.25) is 0 Å². The fraction of sp³-hybridized carbons (Fsp3) is 0.125. The zero-order valence-corrected chi connectivity index (χ0v) is 16.7. The molecule has 2 aromatic carbocycles. The molecule has 1 unspecified atom stereocenters. The van der Waals surface area contributed by atoms with Gasteiger partial charge in [0, 0.05) is 34.3 Å². The van der Waals surface area contributed by atoms with E-state index in [-0.39, 0.29) is 5.82 Å². The Kier molecular flexibility index (Phi) is 4.40. The van der Waals surface area contributed by atoms with E-state index in [0.29, 0.717) is 5.75 Å². The van der Waals surface area contributed by atoms with Crippen molar-refractivity contribution < 1.29 is 8.60 Å². The number of rotatable bonds is 3. The van der Waals surface area contributed by atoms with Gasteiger partial charge in [0.1, 0.15) is 5.82 Å². The molecule has 0 spiro atoms. The van der Waals surface area contributed by atoms with Crippen LogP contribution < -0.4 is 0 Å². The third kappa shape index (κ3) is 3.21. The molecule has 5 rings (SSSR count). The zero-order valence-electron chi connectivity index (χ0n) is 15.9. The van der Waals surface area contributed by atoms with Gasteiger partial charge < -0.3 is 4.98 Å². The third-order valence-corrected chi connectivity index (χ3v) is 7.00. The fourth-order valence-electron chi connectivity index (χ4n) is 4.03. The summed E-state index contributed by atoms with van der Waals surface area (Å²) >= 11 is 0. The van der Waals surface area contributed by atoms with E-state index in [1.807, 2.05) is 19.1 Å². The van der Waals surface area contributed by atoms with Gasteiger partial charge in [-0.25, -0.2) is 4.39 Å². The summed E-state index contributed by atoms with van der Waals surface area (Å²) in [7, 11) is -0.888. The molecule has 0 amide bonds. The van der Waals surface area contributed by atoms with E-state index < -0.39 is 10.8 Å². The molecule has 1 N–H and O–H groups in total. The van der Waals surface area contributed by atoms with Crippen LogP contribution in [-0.2, 0) is 17.2 Å². The molecule has 0 fully saturated rings. The van der Waals surface area contributed by atoms with Gasteiger partial charge in [-0.15, -0.1) is 0 Å². The first-order valence-electron chi connectivity index (χ1n) is 9.52. The van der Waals surface area contributed by atoms with E-state index in [9.17, 15) is 8.60 Å². The molecular weight excluding hydrogens is 383 g/mol. The van der Waals surface area contributed by atoms with Crippen molar-refractivity contribution in [3.05, 3.63) is 83.9 Å². The molecule has 3 heterocycles. The van der Waals surface area contributed by atoms with Crippen LogP contribution in [0.15, 0.2) is 71.9 Å². The van der Waals surface area contributed by atoms with Crippen LogP contribution in [0.4, 0.5) is 4.39 Å². The lowest BCUT2D eigenvalue weighted by Gasteiger charge is -2.07. The first kappa shape index (κ1) is 18.0. The lowest BCUT2D eigenvalue weighted by Crippen LogP contribution is -1.92. The number of aryl methyl sites for hydroxylation is 2. The van der Waals surface area contributed by atoms with Crippen LogP contribution in [0, 0.1) is 12.7 Å². The highest BCUT2D eigenvalue weighted by Crippen LogP contribution is 2.38. The molecule has 0 aliphatic carbocycles. The average molecular weight is 402 g/mol. The van der Waals surface area contributed by atoms with Crippen molar-refractivity contribution in [3.8, 4) is 33.6 Å². The van der Waals surface area contributed by atoms with E-state index in [4.69, 9.17) is 0 Å². The number of hydrogen-bond acceptors (Lipinski definition) is 2. The molecule has 5 heteroatoms. The molecule has 1 aliphatic heterocycles. The second kappa shape index (κ2) is 7.08. The molecule has 0 bridgehead atoms. The van der Waals surface area contributed by atoms with Gasteiger partial charge in [0.15, 0.2) is 0 Å². The predicted molar refractivity (Wildman–Crippen MR) is 115 cm³/mol. The van der Waals surface area contributed by atoms with Crippen molar-refractivity contribution in [1.29, 1.82) is 0 Å². The van der Waals surface area contributed by atoms with E-state index in [0.717, 1.165) is 50.5 Å². The van der Waals surface area contributed by atoms with Crippen LogP contribution >= 0.6 is 0 Å². The van der Waals surface area contributed by atoms with Crippen molar-refractivity contribution >= 4 is 10.8 Å². The van der Waals surface area contributed by atoms with E-state index in [2.05, 4.69) is 28.2 Å². The van der Waals surface area contributed by atoms with E-state index in [1.165, 1.54) is 17.7 Å². The van der Waals surface area contributed by atoms with Crippen molar-refractivity contribution in [3.63, 3.8) is 0 Å². The Morgan fingerprint density at radius 2 is 1.72 bits per heavy atom. The number of aromatic amines is 1. The maximum Gasteiger partial charge on any atom is 0.123 e. The quantitative estimate of drug-likeness (QED) is 0.490. The molecular formula is C24H19FN2OS. The van der Waals surface area contributed by atoms with Crippen LogP contribution in [0.25, 0.3) is 33.6 Å². The van der Waals surface area contributed by atoms with Crippen LogP contribution in [0.3, 0.4) is 0 Å². The van der Waals surface area contributed by atoms with Gasteiger partial charge in [0.05, 0.1) is 16.5 Å². The highest BCUT2D eigenvalue weighted by molar-refractivity contribution is 7.85. The van der Waals surface area contributed by atoms with Gasteiger partial charge in [-0.2, -0.15) is 0 Å². The zero-order chi connectivity index (χ0) is 20.0. The highest BCUT2D eigenvalue weighted by atomic mass is 32.2. The molecule has 4 aromatic rings. The van der Waals surface area contributed by atoms with Crippen LogP contribution in [0.1, 0.15) is 11.1 Å². The molecule has 0 saturated heterocycles. The molecule has 3 nitrogen and oxygen atoms in total. The Morgan fingerprint density at radius 3 is 2.48 bits per heavy atom. The minimum absolute atomic E-state index is 0.256. The highest BCUT2D eigenvalue weighted by Gasteiger charge is 2.22. The Hall–Kier alpha value is -3.05. The monoisotopic (exact) mass is 402 g/mol. The second-order valence-corrected chi connectivity index (χ2v) is 8.80. The van der Waals surface area contributed by atoms with Gasteiger partial charge in [-0.05, 0) is 95.8 Å². The van der Waals surface area contributed by atoms with Crippen molar-refractivity contribution in [1.82, 2.24) is 9.97 Å². The number of halogens is 1. The number of H-pyrrole nitrogens is 1. The lowest BCUT2D eigenvalue weighted by molar-refractivity contribution is 0.628. The van der Waals surface area contributed by atoms with Gasteiger partial charge in [0.25, 0.3) is 0 Å². The first-order valence-corrected chi connectivity index (χ1v) is 10.8. The summed E-state index contributed by atoms with van der Waals surface area (Å²) in [5.74, 6) is 0.446. The molecule has 0 radical (unpaired) electrons. The standard InChI is InChI=1S/C24H19FN2OS/c1-15-12-19(13-18-8-11-29(28)24(15)18)22-14-21(16-6-9-26-10-7-16)23(27-22)17-2-4-20(25)5-3-17/h2-7,9-10,12-14,27H,8,11H2,1H3. The predicted octanol–water partition coefficient (Wildman–Crippen LogP) is 5.52. The molecule has 0 saturated carbocycles. The van der Waals surface area contributed by atoms with Crippen LogP contribution in [0.5, 0.6) is 0 Å². The van der Waals surface area contributed by atoms with E-state index >= 15 is 0 Å².